The molecule has 1 rings (SSSR count). The van der Waals surface area contributed by atoms with Gasteiger partial charge in [-0.2, -0.15) is 23.2 Å². The normalized spacial score (nSPS) is 13.6. The second-order valence-electron chi connectivity index (χ2n) is 3.45. The molecule has 0 aliphatic carbocycles. The monoisotopic (exact) mass is 216 g/mol. The minimum atomic E-state index is 0.0895. The molecular formula is C12H12N2S. The van der Waals surface area contributed by atoms with Gasteiger partial charge in [0.15, 0.2) is 0 Å². The van der Waals surface area contributed by atoms with Crippen LogP contribution in [0.1, 0.15) is 30.4 Å². The third-order valence-electron chi connectivity index (χ3n) is 2.34. The number of thiol groups is 1. The van der Waals surface area contributed by atoms with Crippen molar-refractivity contribution in [2.24, 2.45) is 0 Å². The van der Waals surface area contributed by atoms with Crippen molar-refractivity contribution in [3.63, 3.8) is 0 Å². The van der Waals surface area contributed by atoms with Gasteiger partial charge in [-0.3, -0.25) is 0 Å². The standard InChI is InChI=1S/C12H12N2S/c1-9(15)12(5-6-13)11-4-2-3-10(7-11)8-14/h2-4,7,9,12,15H,5H2,1H3. The predicted molar refractivity (Wildman–Crippen MR) is 62.6 cm³/mol. The topological polar surface area (TPSA) is 47.6 Å². The van der Waals surface area contributed by atoms with Gasteiger partial charge in [-0.05, 0) is 17.7 Å². The SMILES string of the molecule is CC(S)C(CC#N)c1cccc(C#N)c1. The molecule has 1 aromatic rings. The zero-order valence-corrected chi connectivity index (χ0v) is 9.41. The van der Waals surface area contributed by atoms with Crippen LogP contribution in [0.5, 0.6) is 0 Å². The first-order valence-corrected chi connectivity index (χ1v) is 5.25. The molecule has 2 nitrogen and oxygen atoms in total. The van der Waals surface area contributed by atoms with Gasteiger partial charge in [-0.1, -0.05) is 19.1 Å². The van der Waals surface area contributed by atoms with Gasteiger partial charge in [-0.15, -0.1) is 0 Å². The molecule has 0 heterocycles. The summed E-state index contributed by atoms with van der Waals surface area (Å²) in [5.41, 5.74) is 1.64. The van der Waals surface area contributed by atoms with Crippen LogP contribution in [0.25, 0.3) is 0 Å². The average Bonchev–Trinajstić information content (AvgIpc) is 2.25. The van der Waals surface area contributed by atoms with Crippen LogP contribution < -0.4 is 0 Å². The molecule has 2 unspecified atom stereocenters. The molecular weight excluding hydrogens is 204 g/mol. The Morgan fingerprint density at radius 2 is 2.13 bits per heavy atom. The summed E-state index contributed by atoms with van der Waals surface area (Å²) < 4.78 is 0. The number of benzene rings is 1. The summed E-state index contributed by atoms with van der Waals surface area (Å²) in [6.45, 7) is 1.96. The number of hydrogen-bond acceptors (Lipinski definition) is 3. The fourth-order valence-electron chi connectivity index (χ4n) is 1.50. The molecule has 0 aliphatic heterocycles. The van der Waals surface area contributed by atoms with E-state index in [1.165, 1.54) is 0 Å². The first kappa shape index (κ1) is 11.6. The lowest BCUT2D eigenvalue weighted by molar-refractivity contribution is 0.699. The third-order valence-corrected chi connectivity index (χ3v) is 2.70. The number of nitrogens with zero attached hydrogens (tertiary/aromatic N) is 2. The Morgan fingerprint density at radius 1 is 1.40 bits per heavy atom. The Labute approximate surface area is 95.6 Å². The largest absolute Gasteiger partial charge is 0.198 e. The molecule has 0 fully saturated rings. The first-order chi connectivity index (χ1) is 7.19. The molecule has 15 heavy (non-hydrogen) atoms. The van der Waals surface area contributed by atoms with Gasteiger partial charge in [0, 0.05) is 17.6 Å². The van der Waals surface area contributed by atoms with E-state index in [9.17, 15) is 0 Å². The Balaban J connectivity index is 3.02. The van der Waals surface area contributed by atoms with Gasteiger partial charge in [0.25, 0.3) is 0 Å². The van der Waals surface area contributed by atoms with Gasteiger partial charge in [-0.25, -0.2) is 0 Å². The lowest BCUT2D eigenvalue weighted by Gasteiger charge is -2.17. The van der Waals surface area contributed by atoms with Crippen LogP contribution in [-0.2, 0) is 0 Å². The Hall–Kier alpha value is -1.45. The summed E-state index contributed by atoms with van der Waals surface area (Å²) in [5.74, 6) is 0.0895. The highest BCUT2D eigenvalue weighted by molar-refractivity contribution is 7.81. The minimum Gasteiger partial charge on any atom is -0.198 e. The minimum absolute atomic E-state index is 0.0895. The van der Waals surface area contributed by atoms with Crippen LogP contribution in [0.3, 0.4) is 0 Å². The molecule has 0 saturated heterocycles. The molecule has 2 atom stereocenters. The molecule has 0 radical (unpaired) electrons. The highest BCUT2D eigenvalue weighted by atomic mass is 32.1. The van der Waals surface area contributed by atoms with Crippen molar-refractivity contribution in [3.05, 3.63) is 35.4 Å². The molecule has 0 aliphatic rings. The van der Waals surface area contributed by atoms with Crippen LogP contribution in [0.15, 0.2) is 24.3 Å². The first-order valence-electron chi connectivity index (χ1n) is 4.74. The van der Waals surface area contributed by atoms with E-state index in [4.69, 9.17) is 10.5 Å². The fraction of sp³-hybridized carbons (Fsp3) is 0.333. The average molecular weight is 216 g/mol. The van der Waals surface area contributed by atoms with E-state index in [0.29, 0.717) is 12.0 Å². The number of hydrogen-bond donors (Lipinski definition) is 1. The van der Waals surface area contributed by atoms with Crippen LogP contribution in [0, 0.1) is 22.7 Å². The maximum absolute atomic E-state index is 8.78. The summed E-state index contributed by atoms with van der Waals surface area (Å²) in [4.78, 5) is 0. The lowest BCUT2D eigenvalue weighted by atomic mass is 9.92. The van der Waals surface area contributed by atoms with Crippen molar-refractivity contribution in [1.29, 1.82) is 10.5 Å². The molecule has 0 spiro atoms. The van der Waals surface area contributed by atoms with Gasteiger partial charge < -0.3 is 0 Å². The quantitative estimate of drug-likeness (QED) is 0.790. The van der Waals surface area contributed by atoms with E-state index < -0.39 is 0 Å². The maximum atomic E-state index is 8.78. The molecule has 0 bridgehead atoms. The Bertz CT molecular complexity index is 412. The smallest absolute Gasteiger partial charge is 0.0991 e. The summed E-state index contributed by atoms with van der Waals surface area (Å²) in [6, 6.07) is 11.6. The molecule has 0 amide bonds. The third kappa shape index (κ3) is 3.01. The highest BCUT2D eigenvalue weighted by Crippen LogP contribution is 2.26. The van der Waals surface area contributed by atoms with Gasteiger partial charge in [0.1, 0.15) is 0 Å². The van der Waals surface area contributed by atoms with Crippen molar-refractivity contribution >= 4 is 12.6 Å². The van der Waals surface area contributed by atoms with Crippen LogP contribution in [0.2, 0.25) is 0 Å². The van der Waals surface area contributed by atoms with Gasteiger partial charge in [0.05, 0.1) is 17.7 Å². The van der Waals surface area contributed by atoms with Crippen LogP contribution in [-0.4, -0.2) is 5.25 Å². The van der Waals surface area contributed by atoms with E-state index in [1.807, 2.05) is 25.1 Å². The van der Waals surface area contributed by atoms with Crippen molar-refractivity contribution in [2.75, 3.05) is 0 Å². The Kier molecular flexibility index (Phi) is 4.21. The second kappa shape index (κ2) is 5.44. The van der Waals surface area contributed by atoms with Gasteiger partial charge in [0.2, 0.25) is 0 Å². The molecule has 0 aromatic heterocycles. The molecule has 76 valence electrons. The van der Waals surface area contributed by atoms with Crippen molar-refractivity contribution in [1.82, 2.24) is 0 Å². The molecule has 3 heteroatoms. The predicted octanol–water partition coefficient (Wildman–Crippen LogP) is 2.87. The van der Waals surface area contributed by atoms with Crippen molar-refractivity contribution < 1.29 is 0 Å². The summed E-state index contributed by atoms with van der Waals surface area (Å²) in [6.07, 6.45) is 0.430. The van der Waals surface area contributed by atoms with E-state index >= 15 is 0 Å². The van der Waals surface area contributed by atoms with Crippen LogP contribution in [0.4, 0.5) is 0 Å². The van der Waals surface area contributed by atoms with E-state index in [2.05, 4.69) is 24.8 Å². The lowest BCUT2D eigenvalue weighted by Crippen LogP contribution is -2.09. The zero-order valence-electron chi connectivity index (χ0n) is 8.51. The summed E-state index contributed by atoms with van der Waals surface area (Å²) >= 11 is 4.37. The van der Waals surface area contributed by atoms with Crippen molar-refractivity contribution in [2.45, 2.75) is 24.5 Å². The van der Waals surface area contributed by atoms with E-state index in [1.54, 1.807) is 6.07 Å². The maximum Gasteiger partial charge on any atom is 0.0991 e. The highest BCUT2D eigenvalue weighted by Gasteiger charge is 2.16. The molecule has 0 N–H and O–H groups in total. The van der Waals surface area contributed by atoms with E-state index in [-0.39, 0.29) is 11.2 Å². The van der Waals surface area contributed by atoms with Gasteiger partial charge >= 0.3 is 0 Å². The second-order valence-corrected chi connectivity index (χ2v) is 4.26. The van der Waals surface area contributed by atoms with Crippen LogP contribution >= 0.6 is 12.6 Å². The summed E-state index contributed by atoms with van der Waals surface area (Å²) in [7, 11) is 0. The zero-order chi connectivity index (χ0) is 11.3. The van der Waals surface area contributed by atoms with Crippen molar-refractivity contribution in [3.8, 4) is 12.1 Å². The molecule has 1 aromatic carbocycles. The fourth-order valence-corrected chi connectivity index (χ4v) is 1.78. The number of rotatable bonds is 3. The summed E-state index contributed by atoms with van der Waals surface area (Å²) in [5, 5.41) is 17.6. The van der Waals surface area contributed by atoms with E-state index in [0.717, 1.165) is 5.56 Å². The number of nitriles is 2. The molecule has 0 saturated carbocycles. The Morgan fingerprint density at radius 3 is 2.67 bits per heavy atom.